The van der Waals surface area contributed by atoms with E-state index >= 15 is 0 Å². The van der Waals surface area contributed by atoms with Gasteiger partial charge in [-0.15, -0.1) is 5.26 Å². The van der Waals surface area contributed by atoms with Crippen LogP contribution in [0, 0.1) is 11.5 Å². The van der Waals surface area contributed by atoms with Crippen LogP contribution in [0.5, 0.6) is 0 Å². The highest BCUT2D eigenvalue weighted by Gasteiger charge is 2.01. The van der Waals surface area contributed by atoms with Gasteiger partial charge < -0.3 is 10.9 Å². The number of hydrogen-bond donors (Lipinski definition) is 1. The highest BCUT2D eigenvalue weighted by Crippen LogP contribution is 2.09. The molecule has 0 aromatic heterocycles. The second kappa shape index (κ2) is 13.9. The molecule has 0 amide bonds. The van der Waals surface area contributed by atoms with Gasteiger partial charge in [0, 0.05) is 6.42 Å². The summed E-state index contributed by atoms with van der Waals surface area (Å²) in [5.74, 6) is -0.400. The number of esters is 1. The first-order chi connectivity index (χ1) is 7.31. The molecule has 4 heteroatoms. The average Bonchev–Trinajstić information content (AvgIpc) is 2.22. The lowest BCUT2D eigenvalue weighted by Gasteiger charge is -2.00. The van der Waals surface area contributed by atoms with Crippen LogP contribution >= 0.6 is 0 Å². The average molecular weight is 228 g/mol. The summed E-state index contributed by atoms with van der Waals surface area (Å²) in [6, 6.07) is 0. The largest absolute Gasteiger partial charge is 0.351 e. The van der Waals surface area contributed by atoms with Crippen molar-refractivity contribution in [3.05, 3.63) is 0 Å². The minimum Gasteiger partial charge on any atom is -0.351 e. The Morgan fingerprint density at radius 2 is 1.56 bits per heavy atom. The molecule has 94 valence electrons. The Morgan fingerprint density at radius 1 is 1.06 bits per heavy atom. The molecule has 0 aliphatic carbocycles. The summed E-state index contributed by atoms with van der Waals surface area (Å²) in [4.78, 5) is 10.8. The Labute approximate surface area is 98.6 Å². The van der Waals surface area contributed by atoms with E-state index in [2.05, 4.69) is 11.7 Å². The van der Waals surface area contributed by atoms with Gasteiger partial charge in [0.1, 0.15) is 0 Å². The molecule has 16 heavy (non-hydrogen) atoms. The normalized spacial score (nSPS) is 9.00. The van der Waals surface area contributed by atoms with Crippen LogP contribution < -0.4 is 6.15 Å². The molecule has 0 aromatic rings. The van der Waals surface area contributed by atoms with E-state index in [9.17, 15) is 4.79 Å². The number of carbonyl (C=O) groups is 1. The first kappa shape index (κ1) is 17.3. The molecule has 0 aliphatic rings. The van der Waals surface area contributed by atoms with Crippen molar-refractivity contribution < 1.29 is 9.53 Å². The van der Waals surface area contributed by atoms with Crippen LogP contribution in [0.1, 0.15) is 64.7 Å². The summed E-state index contributed by atoms with van der Waals surface area (Å²) in [6.45, 7) is 2.21. The van der Waals surface area contributed by atoms with Gasteiger partial charge in [-0.1, -0.05) is 51.9 Å². The molecule has 0 saturated heterocycles. The van der Waals surface area contributed by atoms with Crippen molar-refractivity contribution >= 4 is 5.97 Å². The summed E-state index contributed by atoms with van der Waals surface area (Å²) in [5, 5.41) is 8.07. The third kappa shape index (κ3) is 12.9. The van der Waals surface area contributed by atoms with Crippen molar-refractivity contribution in [2.75, 3.05) is 0 Å². The molecule has 0 aromatic carbocycles. The van der Waals surface area contributed by atoms with Gasteiger partial charge in [-0.2, -0.15) is 0 Å². The Hall–Kier alpha value is -1.08. The van der Waals surface area contributed by atoms with Crippen molar-refractivity contribution in [2.45, 2.75) is 64.7 Å². The van der Waals surface area contributed by atoms with Gasteiger partial charge in [0.15, 0.2) is 0 Å². The Kier molecular flexibility index (Phi) is 15.1. The van der Waals surface area contributed by atoms with Crippen molar-refractivity contribution in [3.63, 3.8) is 0 Å². The van der Waals surface area contributed by atoms with Gasteiger partial charge in [-0.3, -0.25) is 4.79 Å². The molecular formula is C12H24N2O2. The third-order valence-electron chi connectivity index (χ3n) is 2.39. The zero-order chi connectivity index (χ0) is 11.4. The second-order valence-corrected chi connectivity index (χ2v) is 3.79. The second-order valence-electron chi connectivity index (χ2n) is 3.79. The van der Waals surface area contributed by atoms with Crippen LogP contribution in [0.3, 0.4) is 0 Å². The van der Waals surface area contributed by atoms with Crippen molar-refractivity contribution in [2.24, 2.45) is 0 Å². The summed E-state index contributed by atoms with van der Waals surface area (Å²) in [7, 11) is 0. The van der Waals surface area contributed by atoms with E-state index in [4.69, 9.17) is 5.26 Å². The van der Waals surface area contributed by atoms with Crippen LogP contribution in [-0.2, 0) is 9.53 Å². The van der Waals surface area contributed by atoms with Crippen LogP contribution in [0.4, 0.5) is 0 Å². The molecule has 3 N–H and O–H groups in total. The van der Waals surface area contributed by atoms with E-state index in [1.165, 1.54) is 44.8 Å². The van der Waals surface area contributed by atoms with E-state index in [0.717, 1.165) is 12.8 Å². The van der Waals surface area contributed by atoms with Crippen LogP contribution in [0.15, 0.2) is 0 Å². The standard InChI is InChI=1S/C12H21NO2.H3N/c1-2-3-4-5-6-7-8-9-10-12(14)15-11-13;/h2-10H2,1H3;1H3. The number of rotatable bonds is 9. The van der Waals surface area contributed by atoms with E-state index in [1.807, 2.05) is 0 Å². The monoisotopic (exact) mass is 228 g/mol. The highest BCUT2D eigenvalue weighted by atomic mass is 16.5. The lowest BCUT2D eigenvalue weighted by Crippen LogP contribution is -1.98. The predicted molar refractivity (Wildman–Crippen MR) is 64.0 cm³/mol. The summed E-state index contributed by atoms with van der Waals surface area (Å²) in [5.41, 5.74) is 0. The number of nitriles is 1. The third-order valence-corrected chi connectivity index (χ3v) is 2.39. The molecule has 0 atom stereocenters. The molecule has 0 saturated carbocycles. The highest BCUT2D eigenvalue weighted by molar-refractivity contribution is 5.70. The Balaban J connectivity index is 0. The molecular weight excluding hydrogens is 204 g/mol. The number of hydrogen-bond acceptors (Lipinski definition) is 4. The molecule has 0 unspecified atom stereocenters. The van der Waals surface area contributed by atoms with Crippen LogP contribution in [-0.4, -0.2) is 5.97 Å². The maximum Gasteiger partial charge on any atom is 0.321 e. The Bertz CT molecular complexity index is 200. The number of nitrogens with zero attached hydrogens (tertiary/aromatic N) is 1. The zero-order valence-electron chi connectivity index (χ0n) is 10.3. The van der Waals surface area contributed by atoms with Gasteiger partial charge in [-0.25, -0.2) is 0 Å². The summed E-state index contributed by atoms with van der Waals surface area (Å²) < 4.78 is 4.17. The zero-order valence-corrected chi connectivity index (χ0v) is 10.3. The van der Waals surface area contributed by atoms with E-state index in [-0.39, 0.29) is 6.15 Å². The van der Waals surface area contributed by atoms with E-state index < -0.39 is 5.97 Å². The topological polar surface area (TPSA) is 85.1 Å². The van der Waals surface area contributed by atoms with Gasteiger partial charge in [0.2, 0.25) is 0 Å². The number of carbonyl (C=O) groups excluding carboxylic acids is 1. The van der Waals surface area contributed by atoms with Crippen molar-refractivity contribution in [1.29, 1.82) is 5.26 Å². The van der Waals surface area contributed by atoms with Gasteiger partial charge >= 0.3 is 5.97 Å². The van der Waals surface area contributed by atoms with Gasteiger partial charge in [-0.05, 0) is 6.42 Å². The fourth-order valence-corrected chi connectivity index (χ4v) is 1.51. The van der Waals surface area contributed by atoms with Crippen molar-refractivity contribution in [1.82, 2.24) is 6.15 Å². The molecule has 0 spiro atoms. The number of ether oxygens (including phenoxy) is 1. The molecule has 0 bridgehead atoms. The molecule has 0 rings (SSSR count). The molecule has 0 aliphatic heterocycles. The summed E-state index contributed by atoms with van der Waals surface area (Å²) >= 11 is 0. The van der Waals surface area contributed by atoms with Crippen molar-refractivity contribution in [3.8, 4) is 6.26 Å². The minimum atomic E-state index is -0.400. The number of unbranched alkanes of at least 4 members (excludes halogenated alkanes) is 7. The summed E-state index contributed by atoms with van der Waals surface area (Å²) in [6.07, 6.45) is 11.3. The van der Waals surface area contributed by atoms with E-state index in [1.54, 1.807) is 0 Å². The SMILES string of the molecule is CCCCCCCCCCC(=O)OC#N.N. The molecule has 0 heterocycles. The van der Waals surface area contributed by atoms with Gasteiger partial charge in [0.25, 0.3) is 6.26 Å². The quantitative estimate of drug-likeness (QED) is 0.370. The van der Waals surface area contributed by atoms with Crippen LogP contribution in [0.2, 0.25) is 0 Å². The first-order valence-electron chi connectivity index (χ1n) is 5.90. The molecule has 0 radical (unpaired) electrons. The maximum atomic E-state index is 10.8. The predicted octanol–water partition coefficient (Wildman–Crippen LogP) is 3.70. The lowest BCUT2D eigenvalue weighted by atomic mass is 10.1. The van der Waals surface area contributed by atoms with E-state index in [0.29, 0.717) is 6.42 Å². The smallest absolute Gasteiger partial charge is 0.321 e. The fourth-order valence-electron chi connectivity index (χ4n) is 1.51. The first-order valence-corrected chi connectivity index (χ1v) is 5.90. The Morgan fingerprint density at radius 3 is 2.06 bits per heavy atom. The lowest BCUT2D eigenvalue weighted by molar-refractivity contribution is -0.137. The van der Waals surface area contributed by atoms with Gasteiger partial charge in [0.05, 0.1) is 0 Å². The fraction of sp³-hybridized carbons (Fsp3) is 0.833. The van der Waals surface area contributed by atoms with Crippen LogP contribution in [0.25, 0.3) is 0 Å². The minimum absolute atomic E-state index is 0. The molecule has 0 fully saturated rings. The molecule has 4 nitrogen and oxygen atoms in total. The maximum absolute atomic E-state index is 10.8.